The zero-order valence-electron chi connectivity index (χ0n) is 14.7. The maximum absolute atomic E-state index is 12.4. The van der Waals surface area contributed by atoms with Crippen LogP contribution in [0.4, 0.5) is 0 Å². The van der Waals surface area contributed by atoms with Crippen LogP contribution in [-0.4, -0.2) is 38.5 Å². The minimum absolute atomic E-state index is 0.132. The van der Waals surface area contributed by atoms with Crippen LogP contribution in [0.5, 0.6) is 23.0 Å². The van der Waals surface area contributed by atoms with Gasteiger partial charge in [0, 0.05) is 6.07 Å². The Kier molecular flexibility index (Phi) is 4.50. The molecule has 1 aliphatic heterocycles. The van der Waals surface area contributed by atoms with Crippen molar-refractivity contribution in [1.82, 2.24) is 0 Å². The van der Waals surface area contributed by atoms with Gasteiger partial charge in [0.1, 0.15) is 11.5 Å². The summed E-state index contributed by atoms with van der Waals surface area (Å²) in [5.41, 5.74) is 0.0602. The lowest BCUT2D eigenvalue weighted by atomic mass is 9.88. The summed E-state index contributed by atoms with van der Waals surface area (Å²) in [5.74, 6) is -0.764. The molecular formula is C18H18O8. The van der Waals surface area contributed by atoms with Crippen molar-refractivity contribution < 1.29 is 33.3 Å². The third-order valence-electron chi connectivity index (χ3n) is 4.24. The lowest BCUT2D eigenvalue weighted by molar-refractivity contribution is -0.148. The average Bonchev–Trinajstić information content (AvgIpc) is 3.00. The smallest absolute Gasteiger partial charge is 0.348 e. The molecule has 0 unspecified atom stereocenters. The van der Waals surface area contributed by atoms with E-state index >= 15 is 0 Å². The SMILES string of the molecule is COC(=O)[C@@H]1Oc2cc(C)oc(=O)c2[C@@H]1c1cc(OC)c(O)c(OC)c1. The Morgan fingerprint density at radius 2 is 1.73 bits per heavy atom. The first kappa shape index (κ1) is 17.7. The molecular weight excluding hydrogens is 344 g/mol. The number of benzene rings is 1. The van der Waals surface area contributed by atoms with Crippen LogP contribution in [0.15, 0.2) is 27.4 Å². The van der Waals surface area contributed by atoms with Gasteiger partial charge >= 0.3 is 11.6 Å². The maximum Gasteiger partial charge on any atom is 0.348 e. The molecule has 2 aromatic rings. The van der Waals surface area contributed by atoms with E-state index < -0.39 is 23.6 Å². The summed E-state index contributed by atoms with van der Waals surface area (Å²) in [6, 6.07) is 4.56. The highest BCUT2D eigenvalue weighted by Gasteiger charge is 2.44. The molecule has 26 heavy (non-hydrogen) atoms. The Balaban J connectivity index is 2.24. The van der Waals surface area contributed by atoms with Crippen LogP contribution < -0.4 is 19.8 Å². The van der Waals surface area contributed by atoms with Gasteiger partial charge in [0.05, 0.1) is 32.8 Å². The van der Waals surface area contributed by atoms with Gasteiger partial charge in [-0.2, -0.15) is 0 Å². The van der Waals surface area contributed by atoms with Gasteiger partial charge in [0.25, 0.3) is 0 Å². The molecule has 8 heteroatoms. The number of ether oxygens (including phenoxy) is 4. The number of carbonyl (C=O) groups excluding carboxylic acids is 1. The van der Waals surface area contributed by atoms with Crippen molar-refractivity contribution in [1.29, 1.82) is 0 Å². The molecule has 0 radical (unpaired) electrons. The van der Waals surface area contributed by atoms with Crippen LogP contribution in [-0.2, 0) is 9.53 Å². The first-order valence-corrected chi connectivity index (χ1v) is 7.75. The van der Waals surface area contributed by atoms with Crippen LogP contribution in [0.3, 0.4) is 0 Å². The topological polar surface area (TPSA) is 104 Å². The largest absolute Gasteiger partial charge is 0.502 e. The Morgan fingerprint density at radius 3 is 2.27 bits per heavy atom. The molecule has 0 fully saturated rings. The second kappa shape index (κ2) is 6.62. The van der Waals surface area contributed by atoms with Crippen molar-refractivity contribution in [2.75, 3.05) is 21.3 Å². The van der Waals surface area contributed by atoms with Crippen LogP contribution in [0.25, 0.3) is 0 Å². The van der Waals surface area contributed by atoms with E-state index in [1.54, 1.807) is 13.0 Å². The molecule has 0 amide bonds. The first-order valence-electron chi connectivity index (χ1n) is 7.75. The van der Waals surface area contributed by atoms with Crippen molar-refractivity contribution in [3.05, 3.63) is 45.5 Å². The summed E-state index contributed by atoms with van der Waals surface area (Å²) >= 11 is 0. The molecule has 8 nitrogen and oxygen atoms in total. The predicted molar refractivity (Wildman–Crippen MR) is 89.2 cm³/mol. The van der Waals surface area contributed by atoms with Crippen LogP contribution >= 0.6 is 0 Å². The molecule has 1 N–H and O–H groups in total. The van der Waals surface area contributed by atoms with E-state index in [2.05, 4.69) is 0 Å². The first-order chi connectivity index (χ1) is 12.4. The molecule has 0 aliphatic carbocycles. The lowest BCUT2D eigenvalue weighted by Crippen LogP contribution is -2.31. The number of aromatic hydroxyl groups is 1. The van der Waals surface area contributed by atoms with Crippen LogP contribution in [0.2, 0.25) is 0 Å². The fourth-order valence-corrected chi connectivity index (χ4v) is 3.06. The molecule has 1 aromatic heterocycles. The normalized spacial score (nSPS) is 18.0. The number of aryl methyl sites for hydroxylation is 1. The van der Waals surface area contributed by atoms with Gasteiger partial charge in [-0.05, 0) is 24.6 Å². The van der Waals surface area contributed by atoms with Crippen molar-refractivity contribution in [3.8, 4) is 23.0 Å². The van der Waals surface area contributed by atoms with Gasteiger partial charge in [0.2, 0.25) is 11.9 Å². The summed E-state index contributed by atoms with van der Waals surface area (Å²) in [7, 11) is 4.00. The average molecular weight is 362 g/mol. The summed E-state index contributed by atoms with van der Waals surface area (Å²) in [5, 5.41) is 10.1. The minimum Gasteiger partial charge on any atom is -0.502 e. The third kappa shape index (κ3) is 2.73. The molecule has 0 saturated carbocycles. The molecule has 1 aliphatic rings. The van der Waals surface area contributed by atoms with E-state index in [-0.39, 0.29) is 28.6 Å². The van der Waals surface area contributed by atoms with Gasteiger partial charge in [-0.15, -0.1) is 0 Å². The van der Waals surface area contributed by atoms with Gasteiger partial charge in [-0.1, -0.05) is 0 Å². The van der Waals surface area contributed by atoms with E-state index in [9.17, 15) is 14.7 Å². The predicted octanol–water partition coefficient (Wildman–Crippen LogP) is 1.74. The number of phenols is 1. The standard InChI is InChI=1S/C18H18O8/c1-8-5-10-14(17(20)25-8)13(16(26-10)18(21)24-4)9-6-11(22-2)15(19)12(7-9)23-3/h5-7,13,16,19H,1-4H3/t13-,16+/m0/s1. The van der Waals surface area contributed by atoms with E-state index in [4.69, 9.17) is 23.4 Å². The minimum atomic E-state index is -1.08. The molecule has 2 heterocycles. The molecule has 0 saturated heterocycles. The monoisotopic (exact) mass is 362 g/mol. The van der Waals surface area contributed by atoms with Crippen molar-refractivity contribution in [2.45, 2.75) is 18.9 Å². The van der Waals surface area contributed by atoms with Gasteiger partial charge in [-0.25, -0.2) is 9.59 Å². The Bertz CT molecular complexity index is 889. The highest BCUT2D eigenvalue weighted by atomic mass is 16.6. The van der Waals surface area contributed by atoms with Crippen LogP contribution in [0.1, 0.15) is 22.8 Å². The number of hydrogen-bond acceptors (Lipinski definition) is 8. The summed E-state index contributed by atoms with van der Waals surface area (Å²) in [6.07, 6.45) is -1.08. The molecule has 0 spiro atoms. The second-order valence-corrected chi connectivity index (χ2v) is 5.74. The van der Waals surface area contributed by atoms with Crippen molar-refractivity contribution in [2.24, 2.45) is 0 Å². The zero-order chi connectivity index (χ0) is 19.0. The van der Waals surface area contributed by atoms with Gasteiger partial charge in [0.15, 0.2) is 11.5 Å². The quantitative estimate of drug-likeness (QED) is 0.820. The second-order valence-electron chi connectivity index (χ2n) is 5.74. The number of fused-ring (bicyclic) bond motifs is 1. The lowest BCUT2D eigenvalue weighted by Gasteiger charge is -2.19. The number of phenolic OH excluding ortho intramolecular Hbond substituents is 1. The van der Waals surface area contributed by atoms with Crippen molar-refractivity contribution in [3.63, 3.8) is 0 Å². The summed E-state index contributed by atoms with van der Waals surface area (Å²) in [4.78, 5) is 24.7. The Labute approximate surface area is 148 Å². The highest BCUT2D eigenvalue weighted by Crippen LogP contribution is 2.46. The summed E-state index contributed by atoms with van der Waals surface area (Å²) < 4.78 is 26.0. The zero-order valence-corrected chi connectivity index (χ0v) is 14.7. The van der Waals surface area contributed by atoms with Gasteiger partial charge in [-0.3, -0.25) is 0 Å². The number of methoxy groups -OCH3 is 3. The van der Waals surface area contributed by atoms with Gasteiger partial charge < -0.3 is 28.5 Å². The summed E-state index contributed by atoms with van der Waals surface area (Å²) in [6.45, 7) is 1.61. The van der Waals surface area contributed by atoms with E-state index in [0.29, 0.717) is 11.3 Å². The number of esters is 1. The van der Waals surface area contributed by atoms with Crippen molar-refractivity contribution >= 4 is 5.97 Å². The highest BCUT2D eigenvalue weighted by molar-refractivity contribution is 5.79. The van der Waals surface area contributed by atoms with Crippen LogP contribution in [0, 0.1) is 6.92 Å². The van der Waals surface area contributed by atoms with E-state index in [1.807, 2.05) is 0 Å². The molecule has 3 rings (SSSR count). The fraction of sp³-hybridized carbons (Fsp3) is 0.333. The molecule has 138 valence electrons. The number of carbonyl (C=O) groups is 1. The molecule has 0 bridgehead atoms. The third-order valence-corrected chi connectivity index (χ3v) is 4.24. The Hall–Kier alpha value is -3.16. The van der Waals surface area contributed by atoms with E-state index in [1.165, 1.54) is 33.5 Å². The fourth-order valence-electron chi connectivity index (χ4n) is 3.06. The number of rotatable bonds is 4. The van der Waals surface area contributed by atoms with E-state index in [0.717, 1.165) is 0 Å². The Morgan fingerprint density at radius 1 is 1.12 bits per heavy atom. The molecule has 2 atom stereocenters. The molecule has 1 aromatic carbocycles. The number of hydrogen-bond donors (Lipinski definition) is 1. The maximum atomic E-state index is 12.4.